The minimum Gasteiger partial charge on any atom is -0.502 e. The van der Waals surface area contributed by atoms with Crippen molar-refractivity contribution in [1.82, 2.24) is 19.7 Å². The third-order valence-corrected chi connectivity index (χ3v) is 9.82. The Morgan fingerprint density at radius 3 is 2.13 bits per heavy atom. The maximum atomic E-state index is 12.6. The van der Waals surface area contributed by atoms with Crippen LogP contribution in [0.15, 0.2) is 75.9 Å². The first-order chi connectivity index (χ1) is 26.1. The second kappa shape index (κ2) is 17.6. The zero-order valence-corrected chi connectivity index (χ0v) is 32.6. The summed E-state index contributed by atoms with van der Waals surface area (Å²) in [6.45, 7) is 13.9. The summed E-state index contributed by atoms with van der Waals surface area (Å²) in [6, 6.07) is 20.6. The molecule has 296 valence electrons. The normalized spacial score (nSPS) is 17.4. The van der Waals surface area contributed by atoms with Crippen molar-refractivity contribution in [3.05, 3.63) is 93.0 Å². The minimum atomic E-state index is -0.623. The number of phenols is 1. The molecule has 2 atom stereocenters. The first-order valence-corrected chi connectivity index (χ1v) is 18.8. The molecular weight excluding hydrogens is 706 g/mol. The lowest BCUT2D eigenvalue weighted by Crippen LogP contribution is -2.56. The largest absolute Gasteiger partial charge is 0.502 e. The Labute approximate surface area is 321 Å². The molecule has 55 heavy (non-hydrogen) atoms. The fourth-order valence-corrected chi connectivity index (χ4v) is 6.86. The fourth-order valence-electron chi connectivity index (χ4n) is 6.86. The highest BCUT2D eigenvalue weighted by Gasteiger charge is 2.32. The number of phenolic OH excluding ortho intramolecular Hbond substituents is 1. The number of carbonyl (C=O) groups excluding carboxylic acids is 2. The summed E-state index contributed by atoms with van der Waals surface area (Å²) < 4.78 is 12.2. The number of urea groups is 1. The topological polar surface area (TPSA) is 167 Å². The van der Waals surface area contributed by atoms with Gasteiger partial charge in [0, 0.05) is 94.5 Å². The number of amides is 3. The summed E-state index contributed by atoms with van der Waals surface area (Å²) in [6.07, 6.45) is 2.72. The van der Waals surface area contributed by atoms with Gasteiger partial charge in [-0.3, -0.25) is 14.7 Å². The second-order valence-corrected chi connectivity index (χ2v) is 15.1. The van der Waals surface area contributed by atoms with Crippen LogP contribution in [0.1, 0.15) is 53.0 Å². The third-order valence-electron chi connectivity index (χ3n) is 9.82. The van der Waals surface area contributed by atoms with Crippen LogP contribution in [0.25, 0.3) is 11.1 Å². The quantitative estimate of drug-likeness (QED) is 0.121. The van der Waals surface area contributed by atoms with Gasteiger partial charge in [-0.15, -0.1) is 0 Å². The molecule has 0 radical (unpaired) electrons. The van der Waals surface area contributed by atoms with Crippen molar-refractivity contribution in [2.24, 2.45) is 7.05 Å². The number of rotatable bonds is 8. The molecule has 4 aromatic rings. The predicted molar refractivity (Wildman–Crippen MR) is 212 cm³/mol. The number of anilines is 2. The number of piperazine rings is 2. The molecular formula is C40H53N7O8. The molecule has 3 amide bonds. The molecule has 2 N–H and O–H groups in total. The molecule has 2 saturated heterocycles. The molecule has 2 fully saturated rings. The molecule has 2 aliphatic rings. The molecule has 0 spiro atoms. The van der Waals surface area contributed by atoms with E-state index in [2.05, 4.69) is 41.4 Å². The number of nitrogens with zero attached hydrogens (tertiary/aromatic N) is 6. The van der Waals surface area contributed by atoms with Gasteiger partial charge in [0.1, 0.15) is 5.60 Å². The number of carbonyl (C=O) groups is 2. The Morgan fingerprint density at radius 2 is 1.53 bits per heavy atom. The van der Waals surface area contributed by atoms with Crippen molar-refractivity contribution < 1.29 is 28.8 Å². The van der Waals surface area contributed by atoms with Crippen LogP contribution in [-0.2, 0) is 18.2 Å². The van der Waals surface area contributed by atoms with Gasteiger partial charge < -0.3 is 39.2 Å². The smallest absolute Gasteiger partial charge is 0.419 e. The van der Waals surface area contributed by atoms with Crippen LogP contribution in [0, 0.1) is 10.1 Å². The van der Waals surface area contributed by atoms with Crippen LogP contribution in [0.5, 0.6) is 5.75 Å². The summed E-state index contributed by atoms with van der Waals surface area (Å²) in [5.41, 5.74) is 3.55. The Kier molecular flexibility index (Phi) is 12.9. The Morgan fingerprint density at radius 1 is 0.909 bits per heavy atom. The van der Waals surface area contributed by atoms with Crippen LogP contribution in [-0.4, -0.2) is 100 Å². The highest BCUT2D eigenvalue weighted by molar-refractivity contribution is 5.78. The molecule has 1 aromatic heterocycles. The maximum absolute atomic E-state index is 12.6. The number of nitro benzene ring substituents is 1. The second-order valence-electron chi connectivity index (χ2n) is 15.1. The molecule has 0 bridgehead atoms. The summed E-state index contributed by atoms with van der Waals surface area (Å²) >= 11 is 0. The summed E-state index contributed by atoms with van der Waals surface area (Å²) in [5.74, 6) is -0.717. The number of aromatic nitrogens is 1. The number of fused-ring (bicyclic) bond motifs is 1. The van der Waals surface area contributed by atoms with Crippen LogP contribution in [0.4, 0.5) is 26.7 Å². The number of unbranched alkanes of at least 4 members (excludes halogenated alkanes) is 1. The van der Waals surface area contributed by atoms with Gasteiger partial charge in [0.2, 0.25) is 0 Å². The van der Waals surface area contributed by atoms with E-state index < -0.39 is 10.5 Å². The lowest BCUT2D eigenvalue weighted by molar-refractivity contribution is -0.385. The average molecular weight is 760 g/mol. The van der Waals surface area contributed by atoms with E-state index in [1.807, 2.05) is 61.8 Å². The third kappa shape index (κ3) is 10.5. The van der Waals surface area contributed by atoms with Crippen molar-refractivity contribution >= 4 is 40.3 Å². The van der Waals surface area contributed by atoms with E-state index >= 15 is 0 Å². The van der Waals surface area contributed by atoms with Crippen molar-refractivity contribution in [3.63, 3.8) is 0 Å². The molecule has 3 aromatic carbocycles. The van der Waals surface area contributed by atoms with E-state index in [0.717, 1.165) is 43.6 Å². The van der Waals surface area contributed by atoms with Crippen molar-refractivity contribution in [2.45, 2.75) is 71.6 Å². The molecule has 6 rings (SSSR count). The number of benzene rings is 3. The van der Waals surface area contributed by atoms with Crippen LogP contribution in [0.3, 0.4) is 0 Å². The molecule has 2 aliphatic heterocycles. The monoisotopic (exact) mass is 759 g/mol. The number of aryl methyl sites for hydroxylation is 2. The Bertz CT molecular complexity index is 2010. The lowest BCUT2D eigenvalue weighted by atomic mass is 10.1. The molecule has 0 aliphatic carbocycles. The SMILES string of the molecule is C[C@H]1CN(c2ccc([N+](=O)[O-])c(O)c2)CCN1C(=O)OC(C)(C)C.C[C@H]1CN(c2ccc3c(c2)oc(=O)n3C)CCN1C(=O)NCCCCc1ccccc1. The zero-order chi connectivity index (χ0) is 39.9. The van der Waals surface area contributed by atoms with Gasteiger partial charge in [-0.1, -0.05) is 30.3 Å². The highest BCUT2D eigenvalue weighted by atomic mass is 16.6. The van der Waals surface area contributed by atoms with Crippen LogP contribution >= 0.6 is 0 Å². The zero-order valence-electron chi connectivity index (χ0n) is 32.6. The number of aromatic hydroxyl groups is 1. The van der Waals surface area contributed by atoms with Gasteiger partial charge in [-0.25, -0.2) is 14.4 Å². The molecule has 15 heteroatoms. The summed E-state index contributed by atoms with van der Waals surface area (Å²) in [4.78, 5) is 54.5. The molecule has 15 nitrogen and oxygen atoms in total. The van der Waals surface area contributed by atoms with Crippen molar-refractivity contribution in [3.8, 4) is 5.75 Å². The lowest BCUT2D eigenvalue weighted by Gasteiger charge is -2.41. The number of hydrogen-bond acceptors (Lipinski definition) is 10. The molecule has 0 unspecified atom stereocenters. The van der Waals surface area contributed by atoms with E-state index in [1.54, 1.807) is 18.0 Å². The van der Waals surface area contributed by atoms with E-state index in [0.29, 0.717) is 44.0 Å². The van der Waals surface area contributed by atoms with E-state index in [9.17, 15) is 29.6 Å². The number of oxazole rings is 1. The number of nitro groups is 1. The average Bonchev–Trinajstić information content (AvgIpc) is 3.42. The van der Waals surface area contributed by atoms with Crippen LogP contribution < -0.4 is 20.9 Å². The maximum Gasteiger partial charge on any atom is 0.419 e. The molecule has 0 saturated carbocycles. The van der Waals surface area contributed by atoms with Gasteiger partial charge in [0.05, 0.1) is 10.4 Å². The number of nitrogens with one attached hydrogen (secondary N) is 1. The van der Waals surface area contributed by atoms with Crippen molar-refractivity contribution in [2.75, 3.05) is 55.6 Å². The van der Waals surface area contributed by atoms with Gasteiger partial charge in [-0.05, 0) is 77.6 Å². The van der Waals surface area contributed by atoms with Gasteiger partial charge in [-0.2, -0.15) is 0 Å². The highest BCUT2D eigenvalue weighted by Crippen LogP contribution is 2.31. The van der Waals surface area contributed by atoms with Crippen LogP contribution in [0.2, 0.25) is 0 Å². The fraction of sp³-hybridized carbons (Fsp3) is 0.475. The van der Waals surface area contributed by atoms with Gasteiger partial charge in [0.15, 0.2) is 11.3 Å². The van der Waals surface area contributed by atoms with Crippen molar-refractivity contribution in [1.29, 1.82) is 0 Å². The van der Waals surface area contributed by atoms with Gasteiger partial charge in [0.25, 0.3) is 0 Å². The summed E-state index contributed by atoms with van der Waals surface area (Å²) in [7, 11) is 1.70. The number of hydrogen-bond donors (Lipinski definition) is 2. The van der Waals surface area contributed by atoms with E-state index in [4.69, 9.17) is 9.15 Å². The Balaban J connectivity index is 0.000000219. The van der Waals surface area contributed by atoms with Gasteiger partial charge >= 0.3 is 23.6 Å². The Hall–Kier alpha value is -5.73. The first kappa shape index (κ1) is 40.5. The first-order valence-electron chi connectivity index (χ1n) is 18.8. The standard InChI is InChI=1S/C24H30N4O3.C16H23N3O5/c1-18-17-27(20-11-12-21-22(16-20)31-24(30)26(21)2)14-15-28(18)23(29)25-13-7-6-10-19-8-4-3-5-9-19;1-11-10-17(7-8-18(11)15(21)24-16(2,3)4)12-5-6-13(19(22)23)14(20)9-12/h3-5,8-9,11-12,16,18H,6-7,10,13-15,17H2,1-2H3,(H,25,29);5-6,9,11,20H,7-8,10H2,1-4H3/t18-;11-/m00/s1. The molecule has 3 heterocycles. The van der Waals surface area contributed by atoms with E-state index in [-0.39, 0.29) is 41.4 Å². The minimum absolute atomic E-state index is 0.0105. The predicted octanol–water partition coefficient (Wildman–Crippen LogP) is 6.12. The summed E-state index contributed by atoms with van der Waals surface area (Å²) in [5, 5.41) is 23.6. The van der Waals surface area contributed by atoms with E-state index in [1.165, 1.54) is 22.3 Å². The number of ether oxygens (including phenoxy) is 1.